The molecule has 22 heavy (non-hydrogen) atoms. The highest BCUT2D eigenvalue weighted by molar-refractivity contribution is 5.78. The van der Waals surface area contributed by atoms with Crippen molar-refractivity contribution in [1.82, 2.24) is 15.1 Å². The number of rotatable bonds is 4. The second-order valence-electron chi connectivity index (χ2n) is 6.62. The van der Waals surface area contributed by atoms with Crippen LogP contribution in [-0.4, -0.2) is 67.2 Å². The Bertz CT molecular complexity index is 360. The predicted molar refractivity (Wildman–Crippen MR) is 78.5 cm³/mol. The van der Waals surface area contributed by atoms with E-state index in [1.165, 1.54) is 25.7 Å². The lowest BCUT2D eigenvalue weighted by Crippen LogP contribution is -2.53. The summed E-state index contributed by atoms with van der Waals surface area (Å²) in [6.45, 7) is 4.44. The molecule has 0 spiro atoms. The van der Waals surface area contributed by atoms with Crippen molar-refractivity contribution < 1.29 is 18.0 Å². The molecule has 0 radical (unpaired) electrons. The third-order valence-corrected chi connectivity index (χ3v) is 4.76. The Labute approximate surface area is 130 Å². The maximum atomic E-state index is 12.0. The first-order chi connectivity index (χ1) is 10.3. The molecular weight excluding hydrogens is 295 g/mol. The van der Waals surface area contributed by atoms with Crippen LogP contribution in [-0.2, 0) is 4.79 Å². The number of amides is 1. The van der Waals surface area contributed by atoms with Crippen molar-refractivity contribution in [2.75, 3.05) is 39.3 Å². The summed E-state index contributed by atoms with van der Waals surface area (Å²) in [7, 11) is 0. The molecule has 2 fully saturated rings. The van der Waals surface area contributed by atoms with E-state index < -0.39 is 18.6 Å². The number of halogens is 3. The second kappa shape index (κ2) is 7.64. The smallest absolute Gasteiger partial charge is 0.346 e. The highest BCUT2D eigenvalue weighted by Gasteiger charge is 2.29. The Balaban J connectivity index is 1.65. The minimum absolute atomic E-state index is 0.0611. The Morgan fingerprint density at radius 2 is 1.68 bits per heavy atom. The molecule has 0 bridgehead atoms. The van der Waals surface area contributed by atoms with Gasteiger partial charge in [0, 0.05) is 32.2 Å². The Hall–Kier alpha value is -0.820. The van der Waals surface area contributed by atoms with E-state index in [-0.39, 0.29) is 6.54 Å². The van der Waals surface area contributed by atoms with Crippen molar-refractivity contribution >= 4 is 5.91 Å². The van der Waals surface area contributed by atoms with Crippen LogP contribution in [0.3, 0.4) is 0 Å². The standard InChI is InChI=1S/C15H26F3N3O/c1-12-2-4-13(5-3-12)21-8-6-20(7-9-21)10-14(22)19-11-15(16,17)18/h12-13H,2-11H2,1H3,(H,19,22). The molecule has 1 aliphatic carbocycles. The lowest BCUT2D eigenvalue weighted by Gasteiger charge is -2.41. The van der Waals surface area contributed by atoms with Gasteiger partial charge in [0.1, 0.15) is 6.54 Å². The van der Waals surface area contributed by atoms with Crippen LogP contribution in [0.15, 0.2) is 0 Å². The van der Waals surface area contributed by atoms with E-state index in [0.29, 0.717) is 6.04 Å². The van der Waals surface area contributed by atoms with E-state index >= 15 is 0 Å². The highest BCUT2D eigenvalue weighted by Crippen LogP contribution is 2.27. The first-order valence-electron chi connectivity index (χ1n) is 8.13. The number of piperazine rings is 1. The van der Waals surface area contributed by atoms with Gasteiger partial charge in [-0.05, 0) is 31.6 Å². The first-order valence-corrected chi connectivity index (χ1v) is 8.13. The topological polar surface area (TPSA) is 35.6 Å². The zero-order chi connectivity index (χ0) is 16.2. The van der Waals surface area contributed by atoms with Crippen molar-refractivity contribution in [2.24, 2.45) is 5.92 Å². The normalized spacial score (nSPS) is 28.5. The SMILES string of the molecule is CC1CCC(N2CCN(CC(=O)NCC(F)(F)F)CC2)CC1. The summed E-state index contributed by atoms with van der Waals surface area (Å²) < 4.78 is 36.1. The predicted octanol–water partition coefficient (Wildman–Crippen LogP) is 1.86. The Morgan fingerprint density at radius 3 is 2.23 bits per heavy atom. The van der Waals surface area contributed by atoms with Gasteiger partial charge in [0.15, 0.2) is 0 Å². The van der Waals surface area contributed by atoms with Gasteiger partial charge in [-0.25, -0.2) is 0 Å². The van der Waals surface area contributed by atoms with E-state index in [2.05, 4.69) is 11.8 Å². The van der Waals surface area contributed by atoms with Crippen LogP contribution in [0.4, 0.5) is 13.2 Å². The molecule has 0 aromatic heterocycles. The van der Waals surface area contributed by atoms with Crippen LogP contribution in [0.25, 0.3) is 0 Å². The average Bonchev–Trinajstić information content (AvgIpc) is 2.46. The summed E-state index contributed by atoms with van der Waals surface area (Å²) in [6.07, 6.45) is 0.711. The number of hydrogen-bond donors (Lipinski definition) is 1. The van der Waals surface area contributed by atoms with Crippen LogP contribution < -0.4 is 5.32 Å². The quantitative estimate of drug-likeness (QED) is 0.858. The van der Waals surface area contributed by atoms with Crippen LogP contribution in [0, 0.1) is 5.92 Å². The molecule has 1 amide bonds. The highest BCUT2D eigenvalue weighted by atomic mass is 19.4. The van der Waals surface area contributed by atoms with Crippen molar-refractivity contribution in [1.29, 1.82) is 0 Å². The van der Waals surface area contributed by atoms with Gasteiger partial charge < -0.3 is 5.32 Å². The summed E-state index contributed by atoms with van der Waals surface area (Å²) in [5.41, 5.74) is 0. The van der Waals surface area contributed by atoms with Gasteiger partial charge in [-0.15, -0.1) is 0 Å². The lowest BCUT2D eigenvalue weighted by molar-refractivity contribution is -0.139. The molecule has 1 aliphatic heterocycles. The van der Waals surface area contributed by atoms with Gasteiger partial charge in [0.2, 0.25) is 5.91 Å². The molecule has 0 aromatic carbocycles. The zero-order valence-corrected chi connectivity index (χ0v) is 13.2. The van der Waals surface area contributed by atoms with Gasteiger partial charge in [0.25, 0.3) is 0 Å². The van der Waals surface area contributed by atoms with Crippen molar-refractivity contribution in [3.05, 3.63) is 0 Å². The van der Waals surface area contributed by atoms with Crippen molar-refractivity contribution in [3.63, 3.8) is 0 Å². The summed E-state index contributed by atoms with van der Waals surface area (Å²) in [6, 6.07) is 0.650. The van der Waals surface area contributed by atoms with E-state index in [1.54, 1.807) is 0 Å². The van der Waals surface area contributed by atoms with Gasteiger partial charge in [-0.2, -0.15) is 13.2 Å². The fraction of sp³-hybridized carbons (Fsp3) is 0.933. The summed E-state index contributed by atoms with van der Waals surface area (Å²) in [4.78, 5) is 15.9. The van der Waals surface area contributed by atoms with E-state index in [1.807, 2.05) is 10.2 Å². The molecule has 7 heteroatoms. The largest absolute Gasteiger partial charge is 0.405 e. The van der Waals surface area contributed by atoms with Crippen LogP contribution in [0.5, 0.6) is 0 Å². The average molecular weight is 321 g/mol. The molecule has 0 unspecified atom stereocenters. The lowest BCUT2D eigenvalue weighted by atomic mass is 9.86. The molecule has 1 heterocycles. The summed E-state index contributed by atoms with van der Waals surface area (Å²) >= 11 is 0. The second-order valence-corrected chi connectivity index (χ2v) is 6.62. The molecule has 128 valence electrons. The zero-order valence-electron chi connectivity index (χ0n) is 13.2. The third-order valence-electron chi connectivity index (χ3n) is 4.76. The molecule has 2 rings (SSSR count). The fourth-order valence-electron chi connectivity index (χ4n) is 3.35. The van der Waals surface area contributed by atoms with Crippen LogP contribution in [0.2, 0.25) is 0 Å². The monoisotopic (exact) mass is 321 g/mol. The maximum Gasteiger partial charge on any atom is 0.405 e. The van der Waals surface area contributed by atoms with Crippen molar-refractivity contribution in [3.8, 4) is 0 Å². The minimum atomic E-state index is -4.34. The van der Waals surface area contributed by atoms with Gasteiger partial charge in [0.05, 0.1) is 6.54 Å². The van der Waals surface area contributed by atoms with E-state index in [9.17, 15) is 18.0 Å². The van der Waals surface area contributed by atoms with Crippen LogP contribution in [0.1, 0.15) is 32.6 Å². The number of carbonyl (C=O) groups is 1. The molecule has 4 nitrogen and oxygen atoms in total. The first kappa shape index (κ1) is 17.5. The maximum absolute atomic E-state index is 12.0. The van der Waals surface area contributed by atoms with Crippen molar-refractivity contribution in [2.45, 2.75) is 44.8 Å². The number of nitrogens with one attached hydrogen (secondary N) is 1. The number of alkyl halides is 3. The minimum Gasteiger partial charge on any atom is -0.346 e. The molecule has 1 saturated carbocycles. The Morgan fingerprint density at radius 1 is 1.09 bits per heavy atom. The van der Waals surface area contributed by atoms with E-state index in [0.717, 1.165) is 32.1 Å². The Kier molecular flexibility index (Phi) is 6.09. The van der Waals surface area contributed by atoms with Gasteiger partial charge in [-0.1, -0.05) is 6.92 Å². The van der Waals surface area contributed by atoms with E-state index in [4.69, 9.17) is 0 Å². The molecular formula is C15H26F3N3O. The number of nitrogens with zero attached hydrogens (tertiary/aromatic N) is 2. The molecule has 0 atom stereocenters. The molecule has 1 saturated heterocycles. The fourth-order valence-corrected chi connectivity index (χ4v) is 3.35. The summed E-state index contributed by atoms with van der Waals surface area (Å²) in [5.74, 6) is 0.284. The van der Waals surface area contributed by atoms with Gasteiger partial charge >= 0.3 is 6.18 Å². The molecule has 2 aliphatic rings. The molecule has 0 aromatic rings. The van der Waals surface area contributed by atoms with Gasteiger partial charge in [-0.3, -0.25) is 14.6 Å². The summed E-state index contributed by atoms with van der Waals surface area (Å²) in [5, 5.41) is 1.93. The number of hydrogen-bond acceptors (Lipinski definition) is 3. The van der Waals surface area contributed by atoms with Crippen LogP contribution >= 0.6 is 0 Å². The third kappa shape index (κ3) is 5.76. The number of carbonyl (C=O) groups excluding carboxylic acids is 1. The molecule has 1 N–H and O–H groups in total.